The van der Waals surface area contributed by atoms with Crippen molar-refractivity contribution in [1.29, 1.82) is 0 Å². The summed E-state index contributed by atoms with van der Waals surface area (Å²) in [5, 5.41) is 9.89. The van der Waals surface area contributed by atoms with Gasteiger partial charge in [0.15, 0.2) is 6.29 Å². The number of rotatable bonds is 1. The van der Waals surface area contributed by atoms with Crippen LogP contribution in [-0.2, 0) is 4.74 Å². The molecular weight excluding hydrogens is 164 g/mol. The fourth-order valence-electron chi connectivity index (χ4n) is 5.08. The van der Waals surface area contributed by atoms with E-state index in [-0.39, 0.29) is 5.41 Å². The molecular formula is C11H16O2. The summed E-state index contributed by atoms with van der Waals surface area (Å²) in [7, 11) is 0. The Morgan fingerprint density at radius 3 is 3.08 bits per heavy atom. The van der Waals surface area contributed by atoms with Crippen LogP contribution in [0.4, 0.5) is 0 Å². The van der Waals surface area contributed by atoms with Crippen LogP contribution < -0.4 is 0 Å². The lowest BCUT2D eigenvalue weighted by Crippen LogP contribution is -2.67. The Morgan fingerprint density at radius 1 is 1.46 bits per heavy atom. The first-order valence-electron chi connectivity index (χ1n) is 5.61. The first-order valence-corrected chi connectivity index (χ1v) is 5.61. The molecule has 0 radical (unpaired) electrons. The Bertz CT molecular complexity index is 269. The molecule has 2 heteroatoms. The molecule has 1 heterocycles. The first kappa shape index (κ1) is 7.24. The number of hydrogen-bond acceptors (Lipinski definition) is 2. The Morgan fingerprint density at radius 2 is 2.31 bits per heavy atom. The maximum atomic E-state index is 9.89. The van der Waals surface area contributed by atoms with Crippen LogP contribution in [0.25, 0.3) is 0 Å². The molecule has 1 unspecified atom stereocenters. The number of hydrogen-bond donors (Lipinski definition) is 1. The average molecular weight is 180 g/mol. The van der Waals surface area contributed by atoms with Crippen molar-refractivity contribution in [3.05, 3.63) is 0 Å². The van der Waals surface area contributed by atoms with Crippen LogP contribution in [0.2, 0.25) is 0 Å². The molecule has 72 valence electrons. The van der Waals surface area contributed by atoms with Crippen LogP contribution in [0.3, 0.4) is 0 Å². The van der Waals surface area contributed by atoms with E-state index in [1.807, 2.05) is 0 Å². The van der Waals surface area contributed by atoms with E-state index in [2.05, 4.69) is 6.92 Å². The van der Waals surface area contributed by atoms with Crippen LogP contribution in [0.1, 0.15) is 19.8 Å². The summed E-state index contributed by atoms with van der Waals surface area (Å²) in [4.78, 5) is 0. The highest BCUT2D eigenvalue weighted by Gasteiger charge is 2.86. The fraction of sp³-hybridized carbons (Fsp3) is 1.00. The normalized spacial score (nSPS) is 71.5. The summed E-state index contributed by atoms with van der Waals surface area (Å²) in [6.45, 7) is 3.12. The van der Waals surface area contributed by atoms with Gasteiger partial charge in [0.2, 0.25) is 0 Å². The van der Waals surface area contributed by atoms with Gasteiger partial charge in [-0.2, -0.15) is 0 Å². The SMILES string of the molecule is CC[C@@H]1[C@@H]2[C@H]3C[C@H]3C23[C@H](O)OC[C@@H]13. The highest BCUT2D eigenvalue weighted by atomic mass is 16.6. The van der Waals surface area contributed by atoms with Crippen molar-refractivity contribution in [2.45, 2.75) is 26.1 Å². The Kier molecular flexibility index (Phi) is 1.02. The maximum absolute atomic E-state index is 9.89. The van der Waals surface area contributed by atoms with Gasteiger partial charge in [-0.25, -0.2) is 0 Å². The first-order chi connectivity index (χ1) is 6.31. The minimum atomic E-state index is -0.408. The molecule has 0 aromatic rings. The smallest absolute Gasteiger partial charge is 0.161 e. The third kappa shape index (κ3) is 0.490. The predicted octanol–water partition coefficient (Wildman–Crippen LogP) is 1.24. The molecule has 2 nitrogen and oxygen atoms in total. The van der Waals surface area contributed by atoms with Crippen molar-refractivity contribution in [1.82, 2.24) is 0 Å². The van der Waals surface area contributed by atoms with Gasteiger partial charge in [-0.05, 0) is 36.0 Å². The van der Waals surface area contributed by atoms with Gasteiger partial charge in [-0.1, -0.05) is 13.3 Å². The van der Waals surface area contributed by atoms with Crippen molar-refractivity contribution < 1.29 is 9.84 Å². The summed E-state index contributed by atoms with van der Waals surface area (Å²) in [5.74, 6) is 4.26. The van der Waals surface area contributed by atoms with Crippen LogP contribution in [-0.4, -0.2) is 18.0 Å². The molecule has 13 heavy (non-hydrogen) atoms. The summed E-state index contributed by atoms with van der Waals surface area (Å²) in [5.41, 5.74) is 0.269. The van der Waals surface area contributed by atoms with Gasteiger partial charge in [-0.15, -0.1) is 0 Å². The molecule has 0 bridgehead atoms. The van der Waals surface area contributed by atoms with Crippen LogP contribution in [0, 0.1) is 35.0 Å². The largest absolute Gasteiger partial charge is 0.367 e. The van der Waals surface area contributed by atoms with Gasteiger partial charge in [0, 0.05) is 5.41 Å². The summed E-state index contributed by atoms with van der Waals surface area (Å²) >= 11 is 0. The van der Waals surface area contributed by atoms with E-state index >= 15 is 0 Å². The number of aliphatic hydroxyl groups is 1. The van der Waals surface area contributed by atoms with Crippen LogP contribution in [0.15, 0.2) is 0 Å². The number of aliphatic hydroxyl groups excluding tert-OH is 1. The molecule has 1 aliphatic heterocycles. The van der Waals surface area contributed by atoms with E-state index < -0.39 is 6.29 Å². The molecule has 3 aliphatic carbocycles. The Labute approximate surface area is 78.3 Å². The summed E-state index contributed by atoms with van der Waals surface area (Å²) in [6, 6.07) is 0. The molecule has 0 amide bonds. The van der Waals surface area contributed by atoms with E-state index in [4.69, 9.17) is 4.74 Å². The minimum Gasteiger partial charge on any atom is -0.367 e. The Hall–Kier alpha value is -0.0800. The molecule has 3 saturated carbocycles. The quantitative estimate of drug-likeness (QED) is 0.658. The molecule has 0 aromatic carbocycles. The lowest BCUT2D eigenvalue weighted by Gasteiger charge is -2.65. The molecule has 1 saturated heterocycles. The second kappa shape index (κ2) is 1.82. The zero-order valence-corrected chi connectivity index (χ0v) is 7.94. The van der Waals surface area contributed by atoms with Crippen molar-refractivity contribution >= 4 is 0 Å². The highest BCUT2D eigenvalue weighted by molar-refractivity contribution is 5.30. The highest BCUT2D eigenvalue weighted by Crippen LogP contribution is 2.86. The lowest BCUT2D eigenvalue weighted by atomic mass is 9.37. The predicted molar refractivity (Wildman–Crippen MR) is 46.7 cm³/mol. The maximum Gasteiger partial charge on any atom is 0.161 e. The Balaban J connectivity index is 1.75. The summed E-state index contributed by atoms with van der Waals surface area (Å²) in [6.07, 6.45) is 2.27. The molecule has 1 N–H and O–H groups in total. The van der Waals surface area contributed by atoms with Gasteiger partial charge in [-0.3, -0.25) is 0 Å². The molecule has 4 rings (SSSR count). The van der Waals surface area contributed by atoms with E-state index in [9.17, 15) is 5.11 Å². The number of fused-ring (bicyclic) bond motifs is 2. The fourth-order valence-corrected chi connectivity index (χ4v) is 5.08. The lowest BCUT2D eigenvalue weighted by molar-refractivity contribution is -0.257. The van der Waals surface area contributed by atoms with Crippen molar-refractivity contribution in [3.8, 4) is 0 Å². The van der Waals surface area contributed by atoms with E-state index in [1.54, 1.807) is 0 Å². The zero-order valence-electron chi connectivity index (χ0n) is 7.94. The van der Waals surface area contributed by atoms with Gasteiger partial charge >= 0.3 is 0 Å². The van der Waals surface area contributed by atoms with E-state index in [0.717, 1.165) is 30.3 Å². The monoisotopic (exact) mass is 180 g/mol. The second-order valence-electron chi connectivity index (χ2n) is 5.40. The average Bonchev–Trinajstić information content (AvgIpc) is 2.71. The van der Waals surface area contributed by atoms with E-state index in [1.165, 1.54) is 12.8 Å². The van der Waals surface area contributed by atoms with Crippen LogP contribution >= 0.6 is 0 Å². The topological polar surface area (TPSA) is 29.5 Å². The third-order valence-electron chi connectivity index (χ3n) is 5.47. The standard InChI is InChI=1S/C11H16O2/c1-2-5-8-4-13-10(12)11(8)7-3-6(7)9(5)11/h5-10,12H,2-4H2,1H3/t5-,6-,7+,8-,9+,10+,11?/m0/s1. The molecule has 1 spiro atoms. The van der Waals surface area contributed by atoms with Crippen molar-refractivity contribution in [2.24, 2.45) is 35.0 Å². The number of ether oxygens (including phenoxy) is 1. The third-order valence-corrected chi connectivity index (χ3v) is 5.47. The second-order valence-corrected chi connectivity index (χ2v) is 5.40. The van der Waals surface area contributed by atoms with Gasteiger partial charge in [0.05, 0.1) is 6.61 Å². The minimum absolute atomic E-state index is 0.269. The molecule has 0 aromatic heterocycles. The molecule has 4 aliphatic rings. The van der Waals surface area contributed by atoms with Gasteiger partial charge in [0.25, 0.3) is 0 Å². The summed E-state index contributed by atoms with van der Waals surface area (Å²) < 4.78 is 5.45. The molecule has 7 atom stereocenters. The van der Waals surface area contributed by atoms with Crippen molar-refractivity contribution in [3.63, 3.8) is 0 Å². The van der Waals surface area contributed by atoms with Gasteiger partial charge < -0.3 is 9.84 Å². The van der Waals surface area contributed by atoms with Crippen molar-refractivity contribution in [2.75, 3.05) is 6.61 Å². The zero-order chi connectivity index (χ0) is 8.79. The molecule has 4 fully saturated rings. The van der Waals surface area contributed by atoms with Crippen LogP contribution in [0.5, 0.6) is 0 Å². The van der Waals surface area contributed by atoms with E-state index in [0.29, 0.717) is 5.92 Å². The van der Waals surface area contributed by atoms with Gasteiger partial charge in [0.1, 0.15) is 0 Å².